The second kappa shape index (κ2) is 8.87. The maximum absolute atomic E-state index is 12.6. The van der Waals surface area contributed by atoms with Crippen LogP contribution in [0.3, 0.4) is 0 Å². The number of amides is 1. The highest BCUT2D eigenvalue weighted by molar-refractivity contribution is 7.92. The molecule has 0 aromatic heterocycles. The molecule has 0 saturated carbocycles. The molecule has 1 fully saturated rings. The van der Waals surface area contributed by atoms with Gasteiger partial charge >= 0.3 is 0 Å². The van der Waals surface area contributed by atoms with Crippen molar-refractivity contribution < 1.29 is 21.6 Å². The van der Waals surface area contributed by atoms with E-state index in [1.807, 2.05) is 24.3 Å². The van der Waals surface area contributed by atoms with Gasteiger partial charge in [-0.1, -0.05) is 32.0 Å². The molecule has 0 bridgehead atoms. The van der Waals surface area contributed by atoms with E-state index in [4.69, 9.17) is 0 Å². The molecule has 0 spiro atoms. The van der Waals surface area contributed by atoms with Crippen LogP contribution in [-0.4, -0.2) is 40.3 Å². The van der Waals surface area contributed by atoms with Crippen LogP contribution in [0, 0.1) is 0 Å². The van der Waals surface area contributed by atoms with Crippen molar-refractivity contribution in [1.29, 1.82) is 0 Å². The average molecular weight is 451 g/mol. The van der Waals surface area contributed by atoms with E-state index in [0.717, 1.165) is 6.42 Å². The van der Waals surface area contributed by atoms with Crippen LogP contribution in [0.5, 0.6) is 0 Å². The van der Waals surface area contributed by atoms with E-state index >= 15 is 0 Å². The normalized spacial score (nSPS) is 19.3. The van der Waals surface area contributed by atoms with Crippen LogP contribution < -0.4 is 10.0 Å². The molecule has 2 atom stereocenters. The van der Waals surface area contributed by atoms with Gasteiger partial charge in [0.2, 0.25) is 10.0 Å². The molecule has 162 valence electrons. The van der Waals surface area contributed by atoms with Gasteiger partial charge in [-0.2, -0.15) is 0 Å². The quantitative estimate of drug-likeness (QED) is 0.674. The van der Waals surface area contributed by atoms with Gasteiger partial charge in [-0.3, -0.25) is 4.79 Å². The van der Waals surface area contributed by atoms with Crippen molar-refractivity contribution in [1.82, 2.24) is 4.72 Å². The SMILES string of the molecule is CCC(C)c1ccc(NC(=O)c2cccc(S(=O)(=O)NC3CCS(=O)(=O)C3)c2)cc1. The molecule has 0 aliphatic carbocycles. The maximum atomic E-state index is 12.6. The predicted octanol–water partition coefficient (Wildman–Crippen LogP) is 2.92. The first-order valence-electron chi connectivity index (χ1n) is 9.84. The first-order chi connectivity index (χ1) is 14.1. The summed E-state index contributed by atoms with van der Waals surface area (Å²) >= 11 is 0. The third kappa shape index (κ3) is 5.47. The molecular formula is C21H26N2O5S2. The fourth-order valence-corrected chi connectivity index (χ4v) is 6.41. The van der Waals surface area contributed by atoms with Crippen LogP contribution >= 0.6 is 0 Å². The number of nitrogens with one attached hydrogen (secondary N) is 2. The Kier molecular flexibility index (Phi) is 6.64. The molecule has 2 aromatic carbocycles. The number of sulfone groups is 1. The van der Waals surface area contributed by atoms with Crippen molar-refractivity contribution in [2.45, 2.75) is 43.5 Å². The van der Waals surface area contributed by atoms with Gasteiger partial charge in [0.05, 0.1) is 16.4 Å². The van der Waals surface area contributed by atoms with E-state index in [0.29, 0.717) is 11.6 Å². The van der Waals surface area contributed by atoms with Crippen LogP contribution in [0.4, 0.5) is 5.69 Å². The lowest BCUT2D eigenvalue weighted by Gasteiger charge is -2.13. The van der Waals surface area contributed by atoms with E-state index in [2.05, 4.69) is 23.9 Å². The molecule has 1 saturated heterocycles. The number of rotatable bonds is 7. The minimum Gasteiger partial charge on any atom is -0.322 e. The summed E-state index contributed by atoms with van der Waals surface area (Å²) in [5, 5.41) is 2.77. The standard InChI is InChI=1S/C21H26N2O5S2/c1-3-15(2)16-7-9-18(10-8-16)22-21(24)17-5-4-6-20(13-17)30(27,28)23-19-11-12-29(25,26)14-19/h4-10,13,15,19,23H,3,11-12,14H2,1-2H3,(H,22,24). The molecule has 0 radical (unpaired) electrons. The van der Waals surface area contributed by atoms with Gasteiger partial charge in [0.15, 0.2) is 9.84 Å². The van der Waals surface area contributed by atoms with Gasteiger partial charge in [-0.05, 0) is 54.7 Å². The Morgan fingerprint density at radius 3 is 2.47 bits per heavy atom. The van der Waals surface area contributed by atoms with Crippen LogP contribution in [0.1, 0.15) is 48.5 Å². The highest BCUT2D eigenvalue weighted by atomic mass is 32.2. The Balaban J connectivity index is 1.72. The monoisotopic (exact) mass is 450 g/mol. The summed E-state index contributed by atoms with van der Waals surface area (Å²) in [6.45, 7) is 4.25. The molecule has 1 amide bonds. The smallest absolute Gasteiger partial charge is 0.255 e. The largest absolute Gasteiger partial charge is 0.322 e. The van der Waals surface area contributed by atoms with Gasteiger partial charge < -0.3 is 5.32 Å². The summed E-state index contributed by atoms with van der Waals surface area (Å²) < 4.78 is 50.8. The number of carbonyl (C=O) groups is 1. The Morgan fingerprint density at radius 2 is 1.87 bits per heavy atom. The second-order valence-electron chi connectivity index (χ2n) is 7.63. The van der Waals surface area contributed by atoms with Crippen molar-refractivity contribution in [2.75, 3.05) is 16.8 Å². The highest BCUT2D eigenvalue weighted by Crippen LogP contribution is 2.21. The second-order valence-corrected chi connectivity index (χ2v) is 11.6. The topological polar surface area (TPSA) is 109 Å². The van der Waals surface area contributed by atoms with Gasteiger partial charge in [-0.25, -0.2) is 21.6 Å². The van der Waals surface area contributed by atoms with E-state index in [1.165, 1.54) is 29.8 Å². The van der Waals surface area contributed by atoms with Gasteiger partial charge in [0, 0.05) is 17.3 Å². The van der Waals surface area contributed by atoms with Crippen LogP contribution in [0.15, 0.2) is 53.4 Å². The van der Waals surface area contributed by atoms with E-state index in [1.54, 1.807) is 0 Å². The van der Waals surface area contributed by atoms with E-state index in [-0.39, 0.29) is 28.4 Å². The Morgan fingerprint density at radius 1 is 1.17 bits per heavy atom. The van der Waals surface area contributed by atoms with Crippen molar-refractivity contribution >= 4 is 31.5 Å². The summed E-state index contributed by atoms with van der Waals surface area (Å²) in [6, 6.07) is 12.6. The molecule has 30 heavy (non-hydrogen) atoms. The number of hydrogen-bond donors (Lipinski definition) is 2. The molecule has 2 N–H and O–H groups in total. The molecule has 1 aliphatic heterocycles. The summed E-state index contributed by atoms with van der Waals surface area (Å²) in [6.07, 6.45) is 1.27. The van der Waals surface area contributed by atoms with Gasteiger partial charge in [0.25, 0.3) is 5.91 Å². The third-order valence-electron chi connectivity index (χ3n) is 5.31. The van der Waals surface area contributed by atoms with Gasteiger partial charge in [-0.15, -0.1) is 0 Å². The lowest BCUT2D eigenvalue weighted by Crippen LogP contribution is -2.35. The molecule has 2 unspecified atom stereocenters. The van der Waals surface area contributed by atoms with Crippen molar-refractivity contribution in [3.05, 3.63) is 59.7 Å². The van der Waals surface area contributed by atoms with Crippen LogP contribution in [-0.2, 0) is 19.9 Å². The molecule has 1 aliphatic rings. The summed E-state index contributed by atoms with van der Waals surface area (Å²) in [7, 11) is -7.14. The summed E-state index contributed by atoms with van der Waals surface area (Å²) in [4.78, 5) is 12.5. The molecule has 3 rings (SSSR count). The Hall–Kier alpha value is -2.23. The van der Waals surface area contributed by atoms with Crippen LogP contribution in [0.2, 0.25) is 0 Å². The summed E-state index contributed by atoms with van der Waals surface area (Å²) in [5.41, 5.74) is 2.00. The Labute approximate surface area is 177 Å². The van der Waals surface area contributed by atoms with Crippen molar-refractivity contribution in [3.8, 4) is 0 Å². The van der Waals surface area contributed by atoms with Crippen molar-refractivity contribution in [2.24, 2.45) is 0 Å². The predicted molar refractivity (Wildman–Crippen MR) is 117 cm³/mol. The van der Waals surface area contributed by atoms with E-state index in [9.17, 15) is 21.6 Å². The third-order valence-corrected chi connectivity index (χ3v) is 8.60. The number of benzene rings is 2. The number of sulfonamides is 1. The van der Waals surface area contributed by atoms with E-state index < -0.39 is 31.8 Å². The first kappa shape index (κ1) is 22.5. The minimum absolute atomic E-state index is 0.0293. The number of anilines is 1. The maximum Gasteiger partial charge on any atom is 0.255 e. The van der Waals surface area contributed by atoms with Crippen LogP contribution in [0.25, 0.3) is 0 Å². The number of carbonyl (C=O) groups excluding carboxylic acids is 1. The fraction of sp³-hybridized carbons (Fsp3) is 0.381. The fourth-order valence-electron chi connectivity index (χ4n) is 3.31. The molecule has 9 heteroatoms. The highest BCUT2D eigenvalue weighted by Gasteiger charge is 2.31. The molecule has 7 nitrogen and oxygen atoms in total. The molecule has 1 heterocycles. The molecular weight excluding hydrogens is 424 g/mol. The zero-order chi connectivity index (χ0) is 21.9. The Bertz CT molecular complexity index is 1130. The lowest BCUT2D eigenvalue weighted by molar-refractivity contribution is 0.102. The number of hydrogen-bond acceptors (Lipinski definition) is 5. The summed E-state index contributed by atoms with van der Waals surface area (Å²) in [5.74, 6) is -0.233. The zero-order valence-corrected chi connectivity index (χ0v) is 18.6. The molecule has 2 aromatic rings. The average Bonchev–Trinajstić information content (AvgIpc) is 3.05. The minimum atomic E-state index is -3.94. The lowest BCUT2D eigenvalue weighted by atomic mass is 9.98. The van der Waals surface area contributed by atoms with Gasteiger partial charge in [0.1, 0.15) is 0 Å². The zero-order valence-electron chi connectivity index (χ0n) is 17.0. The van der Waals surface area contributed by atoms with Crippen molar-refractivity contribution in [3.63, 3.8) is 0 Å². The first-order valence-corrected chi connectivity index (χ1v) is 13.1.